The molecule has 2 aromatic carbocycles. The SMILES string of the molecule is CC(C)(C)OC(=O)N1C(=Nc2ccccc2)C2(COC(=O)C2)c2ccccc21. The van der Waals surface area contributed by atoms with Gasteiger partial charge in [-0.1, -0.05) is 36.4 Å². The summed E-state index contributed by atoms with van der Waals surface area (Å²) < 4.78 is 11.0. The number of rotatable bonds is 1. The number of hydrogen-bond acceptors (Lipinski definition) is 5. The van der Waals surface area contributed by atoms with Gasteiger partial charge in [-0.3, -0.25) is 4.79 Å². The molecule has 1 fully saturated rings. The number of cyclic esters (lactones) is 1. The Hall–Kier alpha value is -3.15. The van der Waals surface area contributed by atoms with Gasteiger partial charge in [-0.05, 0) is 44.5 Å². The average molecular weight is 378 g/mol. The van der Waals surface area contributed by atoms with E-state index in [0.717, 1.165) is 5.56 Å². The van der Waals surface area contributed by atoms with Crippen LogP contribution in [0.5, 0.6) is 0 Å². The molecule has 2 heterocycles. The number of amides is 1. The van der Waals surface area contributed by atoms with Crippen LogP contribution in [0.25, 0.3) is 0 Å². The van der Waals surface area contributed by atoms with Gasteiger partial charge in [-0.15, -0.1) is 0 Å². The van der Waals surface area contributed by atoms with Crippen LogP contribution in [0.1, 0.15) is 32.8 Å². The molecule has 1 spiro atoms. The molecule has 1 amide bonds. The Morgan fingerprint density at radius 1 is 1.11 bits per heavy atom. The van der Waals surface area contributed by atoms with Gasteiger partial charge in [0.25, 0.3) is 0 Å². The molecule has 2 aliphatic heterocycles. The Morgan fingerprint density at radius 3 is 2.43 bits per heavy atom. The zero-order valence-electron chi connectivity index (χ0n) is 16.1. The number of anilines is 1. The third kappa shape index (κ3) is 3.05. The Balaban J connectivity index is 1.91. The fraction of sp³-hybridized carbons (Fsp3) is 0.318. The van der Waals surface area contributed by atoms with Crippen LogP contribution in [-0.2, 0) is 19.7 Å². The van der Waals surface area contributed by atoms with Crippen molar-refractivity contribution < 1.29 is 19.1 Å². The molecular weight excluding hydrogens is 356 g/mol. The highest BCUT2D eigenvalue weighted by atomic mass is 16.6. The number of fused-ring (bicyclic) bond motifs is 2. The second-order valence-corrected chi connectivity index (χ2v) is 8.02. The van der Waals surface area contributed by atoms with Crippen LogP contribution in [0.15, 0.2) is 59.6 Å². The minimum absolute atomic E-state index is 0.134. The van der Waals surface area contributed by atoms with Crippen LogP contribution < -0.4 is 4.90 Å². The molecule has 0 aromatic heterocycles. The predicted molar refractivity (Wildman–Crippen MR) is 106 cm³/mol. The van der Waals surface area contributed by atoms with E-state index < -0.39 is 17.1 Å². The van der Waals surface area contributed by atoms with Crippen molar-refractivity contribution in [1.29, 1.82) is 0 Å². The van der Waals surface area contributed by atoms with E-state index in [2.05, 4.69) is 0 Å². The number of carbonyl (C=O) groups excluding carboxylic acids is 2. The van der Waals surface area contributed by atoms with Crippen molar-refractivity contribution in [2.75, 3.05) is 11.5 Å². The Kier molecular flexibility index (Phi) is 4.22. The zero-order chi connectivity index (χ0) is 19.9. The summed E-state index contributed by atoms with van der Waals surface area (Å²) in [4.78, 5) is 31.5. The zero-order valence-corrected chi connectivity index (χ0v) is 16.1. The molecule has 2 aromatic rings. The van der Waals surface area contributed by atoms with Crippen LogP contribution in [0, 0.1) is 0 Å². The molecule has 0 N–H and O–H groups in total. The average Bonchev–Trinajstić information content (AvgIpc) is 3.15. The maximum absolute atomic E-state index is 13.1. The summed E-state index contributed by atoms with van der Waals surface area (Å²) in [6.45, 7) is 5.60. The van der Waals surface area contributed by atoms with E-state index in [0.29, 0.717) is 17.2 Å². The second-order valence-electron chi connectivity index (χ2n) is 8.02. The second kappa shape index (κ2) is 6.48. The molecule has 4 rings (SSSR count). The first-order valence-electron chi connectivity index (χ1n) is 9.23. The largest absolute Gasteiger partial charge is 0.464 e. The van der Waals surface area contributed by atoms with Crippen molar-refractivity contribution in [3.63, 3.8) is 0 Å². The van der Waals surface area contributed by atoms with Crippen LogP contribution in [0.4, 0.5) is 16.2 Å². The van der Waals surface area contributed by atoms with E-state index >= 15 is 0 Å². The minimum Gasteiger partial charge on any atom is -0.464 e. The van der Waals surface area contributed by atoms with Gasteiger partial charge in [0.2, 0.25) is 0 Å². The lowest BCUT2D eigenvalue weighted by Gasteiger charge is -2.27. The van der Waals surface area contributed by atoms with Crippen LogP contribution in [0.3, 0.4) is 0 Å². The van der Waals surface area contributed by atoms with Crippen molar-refractivity contribution in [2.24, 2.45) is 4.99 Å². The van der Waals surface area contributed by atoms with Gasteiger partial charge in [-0.25, -0.2) is 14.7 Å². The first-order valence-corrected chi connectivity index (χ1v) is 9.23. The summed E-state index contributed by atoms with van der Waals surface area (Å²) in [6.07, 6.45) is -0.388. The molecule has 6 heteroatoms. The highest BCUT2D eigenvalue weighted by Gasteiger charge is 2.56. The molecule has 6 nitrogen and oxygen atoms in total. The van der Waals surface area contributed by atoms with E-state index in [9.17, 15) is 9.59 Å². The molecule has 1 saturated heterocycles. The Morgan fingerprint density at radius 2 is 1.79 bits per heavy atom. The van der Waals surface area contributed by atoms with Gasteiger partial charge in [0.1, 0.15) is 23.5 Å². The lowest BCUT2D eigenvalue weighted by atomic mass is 9.80. The molecule has 1 unspecified atom stereocenters. The van der Waals surface area contributed by atoms with E-state index in [-0.39, 0.29) is 19.0 Å². The lowest BCUT2D eigenvalue weighted by Crippen LogP contribution is -2.45. The number of amidine groups is 1. The lowest BCUT2D eigenvalue weighted by molar-refractivity contribution is -0.137. The van der Waals surface area contributed by atoms with E-state index in [1.807, 2.05) is 75.4 Å². The van der Waals surface area contributed by atoms with Gasteiger partial charge in [0.15, 0.2) is 0 Å². The van der Waals surface area contributed by atoms with Crippen molar-refractivity contribution in [2.45, 2.75) is 38.2 Å². The summed E-state index contributed by atoms with van der Waals surface area (Å²) in [6, 6.07) is 16.9. The molecule has 0 saturated carbocycles. The summed E-state index contributed by atoms with van der Waals surface area (Å²) in [7, 11) is 0. The molecule has 144 valence electrons. The number of ether oxygens (including phenoxy) is 2. The van der Waals surface area contributed by atoms with Crippen molar-refractivity contribution in [1.82, 2.24) is 0 Å². The smallest absolute Gasteiger partial charge is 0.420 e. The Bertz CT molecular complexity index is 962. The topological polar surface area (TPSA) is 68.2 Å². The van der Waals surface area contributed by atoms with Crippen molar-refractivity contribution in [3.05, 3.63) is 60.2 Å². The molecule has 2 aliphatic rings. The molecule has 1 atom stereocenters. The van der Waals surface area contributed by atoms with Gasteiger partial charge < -0.3 is 9.47 Å². The normalized spacial score (nSPS) is 22.5. The van der Waals surface area contributed by atoms with Crippen LogP contribution in [-0.4, -0.2) is 30.1 Å². The predicted octanol–water partition coefficient (Wildman–Crippen LogP) is 4.36. The monoisotopic (exact) mass is 378 g/mol. The number of hydrogen-bond donors (Lipinski definition) is 0. The molecule has 28 heavy (non-hydrogen) atoms. The molecular formula is C22H22N2O4. The fourth-order valence-corrected chi connectivity index (χ4v) is 3.66. The third-order valence-electron chi connectivity index (χ3n) is 4.79. The fourth-order valence-electron chi connectivity index (χ4n) is 3.66. The van der Waals surface area contributed by atoms with Crippen molar-refractivity contribution >= 4 is 29.3 Å². The summed E-state index contributed by atoms with van der Waals surface area (Å²) >= 11 is 0. The highest BCUT2D eigenvalue weighted by Crippen LogP contribution is 2.48. The summed E-state index contributed by atoms with van der Waals surface area (Å²) in [5.41, 5.74) is 0.742. The Labute approximate surface area is 163 Å². The van der Waals surface area contributed by atoms with Crippen molar-refractivity contribution in [3.8, 4) is 0 Å². The number of benzene rings is 2. The highest BCUT2D eigenvalue weighted by molar-refractivity contribution is 6.25. The van der Waals surface area contributed by atoms with Gasteiger partial charge in [0, 0.05) is 0 Å². The van der Waals surface area contributed by atoms with E-state index in [1.165, 1.54) is 4.90 Å². The van der Waals surface area contributed by atoms with E-state index in [4.69, 9.17) is 14.5 Å². The summed E-state index contributed by atoms with van der Waals surface area (Å²) in [5, 5.41) is 0. The van der Waals surface area contributed by atoms with Gasteiger partial charge in [-0.2, -0.15) is 0 Å². The van der Waals surface area contributed by atoms with Gasteiger partial charge in [0.05, 0.1) is 17.8 Å². The standard InChI is InChI=1S/C22H22N2O4/c1-21(2,3)28-20(26)24-17-12-8-7-11-16(17)22(13-18(25)27-14-22)19(24)23-15-9-5-4-6-10-15/h4-12H,13-14H2,1-3H3. The number of esters is 1. The third-order valence-corrected chi connectivity index (χ3v) is 4.79. The van der Waals surface area contributed by atoms with E-state index in [1.54, 1.807) is 0 Å². The molecule has 0 radical (unpaired) electrons. The van der Waals surface area contributed by atoms with Crippen LogP contribution >= 0.6 is 0 Å². The number of para-hydroxylation sites is 2. The molecule has 0 bridgehead atoms. The summed E-state index contributed by atoms with van der Waals surface area (Å²) in [5.74, 6) is 0.154. The first kappa shape index (κ1) is 18.2. The maximum Gasteiger partial charge on any atom is 0.420 e. The van der Waals surface area contributed by atoms with Crippen LogP contribution in [0.2, 0.25) is 0 Å². The number of aliphatic imine (C=N–C) groups is 1. The quantitative estimate of drug-likeness (QED) is 0.692. The van der Waals surface area contributed by atoms with Gasteiger partial charge >= 0.3 is 12.1 Å². The first-order chi connectivity index (χ1) is 13.3. The minimum atomic E-state index is -0.805. The number of nitrogens with zero attached hydrogens (tertiary/aromatic N) is 2. The number of carbonyl (C=O) groups is 2. The maximum atomic E-state index is 13.1. The molecule has 0 aliphatic carbocycles.